The van der Waals surface area contributed by atoms with Crippen LogP contribution in [0.5, 0.6) is 0 Å². The van der Waals surface area contributed by atoms with Crippen LogP contribution in [0.25, 0.3) is 0 Å². The van der Waals surface area contributed by atoms with Gasteiger partial charge in [0.2, 0.25) is 0 Å². The molecule has 0 saturated heterocycles. The molecule has 0 aliphatic rings. The van der Waals surface area contributed by atoms with Crippen LogP contribution in [0.4, 0.5) is 4.39 Å². The zero-order chi connectivity index (χ0) is 12.4. The van der Waals surface area contributed by atoms with Crippen molar-refractivity contribution < 1.29 is 4.39 Å². The summed E-state index contributed by atoms with van der Waals surface area (Å²) >= 11 is 7.34. The fourth-order valence-electron chi connectivity index (χ4n) is 1.73. The highest BCUT2D eigenvalue weighted by molar-refractivity contribution is 7.16. The third-order valence-electron chi connectivity index (χ3n) is 2.71. The molecule has 17 heavy (non-hydrogen) atoms. The topological polar surface area (TPSA) is 26.0 Å². The molecule has 2 aromatic rings. The van der Waals surface area contributed by atoms with Crippen LogP contribution in [0.2, 0.25) is 4.34 Å². The Balaban J connectivity index is 2.18. The Labute approximate surface area is 109 Å². The molecule has 1 aromatic carbocycles. The van der Waals surface area contributed by atoms with Crippen molar-refractivity contribution in [1.82, 2.24) is 0 Å². The van der Waals surface area contributed by atoms with Crippen molar-refractivity contribution in [1.29, 1.82) is 0 Å². The lowest BCUT2D eigenvalue weighted by Gasteiger charge is -2.11. The second-order valence-corrected chi connectivity index (χ2v) is 5.77. The predicted octanol–water partition coefficient (Wildman–Crippen LogP) is 4.09. The van der Waals surface area contributed by atoms with Gasteiger partial charge in [0.15, 0.2) is 0 Å². The van der Waals surface area contributed by atoms with E-state index in [1.807, 2.05) is 19.1 Å². The zero-order valence-electron chi connectivity index (χ0n) is 9.41. The van der Waals surface area contributed by atoms with Crippen LogP contribution in [0.15, 0.2) is 30.3 Å². The van der Waals surface area contributed by atoms with E-state index in [9.17, 15) is 4.39 Å². The first-order chi connectivity index (χ1) is 8.06. The highest BCUT2D eigenvalue weighted by Crippen LogP contribution is 2.28. The summed E-state index contributed by atoms with van der Waals surface area (Å²) < 4.78 is 13.9. The van der Waals surface area contributed by atoms with Crippen LogP contribution in [0.3, 0.4) is 0 Å². The van der Waals surface area contributed by atoms with Gasteiger partial charge in [-0.3, -0.25) is 0 Å². The molecule has 2 rings (SSSR count). The number of benzene rings is 1. The van der Waals surface area contributed by atoms with E-state index in [-0.39, 0.29) is 11.9 Å². The minimum atomic E-state index is -0.220. The molecule has 0 amide bonds. The second-order valence-electron chi connectivity index (χ2n) is 4.02. The molecule has 1 aromatic heterocycles. The second kappa shape index (κ2) is 5.17. The Bertz CT molecular complexity index is 524. The molecule has 0 saturated carbocycles. The van der Waals surface area contributed by atoms with Gasteiger partial charge in [-0.05, 0) is 48.7 Å². The largest absolute Gasteiger partial charge is 0.323 e. The van der Waals surface area contributed by atoms with Crippen molar-refractivity contribution in [2.24, 2.45) is 5.73 Å². The van der Waals surface area contributed by atoms with E-state index in [1.54, 1.807) is 12.1 Å². The number of rotatable bonds is 3. The van der Waals surface area contributed by atoms with Gasteiger partial charge < -0.3 is 5.73 Å². The van der Waals surface area contributed by atoms with E-state index in [1.165, 1.54) is 17.4 Å². The normalized spacial score (nSPS) is 12.7. The summed E-state index contributed by atoms with van der Waals surface area (Å²) in [5, 5.41) is 0. The molecule has 1 nitrogen and oxygen atoms in total. The Morgan fingerprint density at radius 3 is 2.76 bits per heavy atom. The lowest BCUT2D eigenvalue weighted by molar-refractivity contribution is 0.621. The summed E-state index contributed by atoms with van der Waals surface area (Å²) in [7, 11) is 0. The van der Waals surface area contributed by atoms with E-state index in [0.29, 0.717) is 6.42 Å². The number of nitrogens with two attached hydrogens (primary N) is 1. The van der Waals surface area contributed by atoms with Gasteiger partial charge in [0.05, 0.1) is 4.34 Å². The van der Waals surface area contributed by atoms with Crippen molar-refractivity contribution in [3.05, 3.63) is 56.5 Å². The molecule has 0 radical (unpaired) electrons. The van der Waals surface area contributed by atoms with E-state index in [2.05, 4.69) is 0 Å². The monoisotopic (exact) mass is 269 g/mol. The zero-order valence-corrected chi connectivity index (χ0v) is 11.0. The molecular weight excluding hydrogens is 257 g/mol. The van der Waals surface area contributed by atoms with Crippen LogP contribution >= 0.6 is 22.9 Å². The molecule has 4 heteroatoms. The summed E-state index contributed by atoms with van der Waals surface area (Å²) in [6.45, 7) is 1.96. The Morgan fingerprint density at radius 2 is 2.12 bits per heavy atom. The molecule has 0 bridgehead atoms. The number of aryl methyl sites for hydroxylation is 1. The molecule has 0 fully saturated rings. The highest BCUT2D eigenvalue weighted by atomic mass is 35.5. The summed E-state index contributed by atoms with van der Waals surface area (Å²) in [4.78, 5) is 1.03. The Kier molecular flexibility index (Phi) is 3.82. The lowest BCUT2D eigenvalue weighted by Crippen LogP contribution is -2.12. The quantitative estimate of drug-likeness (QED) is 0.892. The fraction of sp³-hybridized carbons (Fsp3) is 0.231. The van der Waals surface area contributed by atoms with Crippen molar-refractivity contribution in [2.75, 3.05) is 0 Å². The SMILES string of the molecule is Cc1ccc(F)cc1CC(N)c1ccc(Cl)s1. The van der Waals surface area contributed by atoms with E-state index in [0.717, 1.165) is 20.3 Å². The molecule has 1 atom stereocenters. The number of hydrogen-bond donors (Lipinski definition) is 1. The van der Waals surface area contributed by atoms with Gasteiger partial charge in [0.25, 0.3) is 0 Å². The van der Waals surface area contributed by atoms with Crippen molar-refractivity contribution in [3.63, 3.8) is 0 Å². The summed E-state index contributed by atoms with van der Waals surface area (Å²) in [6.07, 6.45) is 0.625. The van der Waals surface area contributed by atoms with Crippen molar-refractivity contribution >= 4 is 22.9 Å². The van der Waals surface area contributed by atoms with Gasteiger partial charge in [0.1, 0.15) is 5.82 Å². The van der Waals surface area contributed by atoms with Gasteiger partial charge >= 0.3 is 0 Å². The van der Waals surface area contributed by atoms with Crippen LogP contribution in [0.1, 0.15) is 22.0 Å². The smallest absolute Gasteiger partial charge is 0.123 e. The summed E-state index contributed by atoms with van der Waals surface area (Å²) in [5.41, 5.74) is 8.09. The molecule has 0 aliphatic carbocycles. The highest BCUT2D eigenvalue weighted by Gasteiger charge is 2.11. The van der Waals surface area contributed by atoms with Gasteiger partial charge in [-0.15, -0.1) is 11.3 Å². The van der Waals surface area contributed by atoms with Gasteiger partial charge in [-0.2, -0.15) is 0 Å². The number of thiophene rings is 1. The average Bonchev–Trinajstić information content (AvgIpc) is 2.70. The third-order valence-corrected chi connectivity index (χ3v) is 4.07. The first-order valence-electron chi connectivity index (χ1n) is 5.32. The molecule has 1 heterocycles. The molecule has 1 unspecified atom stereocenters. The number of halogens is 2. The molecule has 0 aliphatic heterocycles. The summed E-state index contributed by atoms with van der Waals surface area (Å²) in [6, 6.07) is 8.41. The molecular formula is C13H13ClFNS. The standard InChI is InChI=1S/C13H13ClFNS/c1-8-2-3-10(15)6-9(8)7-11(16)12-4-5-13(14)17-12/h2-6,11H,7,16H2,1H3. The minimum absolute atomic E-state index is 0.131. The predicted molar refractivity (Wildman–Crippen MR) is 71.1 cm³/mol. The molecule has 2 N–H and O–H groups in total. The Hall–Kier alpha value is -0.900. The maximum absolute atomic E-state index is 13.1. The molecule has 0 spiro atoms. The lowest BCUT2D eigenvalue weighted by atomic mass is 10.0. The van der Waals surface area contributed by atoms with Crippen LogP contribution in [0, 0.1) is 12.7 Å². The van der Waals surface area contributed by atoms with Crippen LogP contribution in [-0.4, -0.2) is 0 Å². The Morgan fingerprint density at radius 1 is 1.35 bits per heavy atom. The van der Waals surface area contributed by atoms with Crippen molar-refractivity contribution in [2.45, 2.75) is 19.4 Å². The van der Waals surface area contributed by atoms with Crippen molar-refractivity contribution in [3.8, 4) is 0 Å². The van der Waals surface area contributed by atoms with E-state index >= 15 is 0 Å². The first kappa shape index (κ1) is 12.6. The van der Waals surface area contributed by atoms with Gasteiger partial charge in [0, 0.05) is 10.9 Å². The number of hydrogen-bond acceptors (Lipinski definition) is 2. The first-order valence-corrected chi connectivity index (χ1v) is 6.51. The maximum atomic E-state index is 13.1. The van der Waals surface area contributed by atoms with Crippen LogP contribution in [-0.2, 0) is 6.42 Å². The van der Waals surface area contributed by atoms with E-state index in [4.69, 9.17) is 17.3 Å². The summed E-state index contributed by atoms with van der Waals surface area (Å²) in [5.74, 6) is -0.220. The third kappa shape index (κ3) is 3.06. The average molecular weight is 270 g/mol. The fourth-order valence-corrected chi connectivity index (χ4v) is 2.79. The molecule has 90 valence electrons. The minimum Gasteiger partial charge on any atom is -0.323 e. The van der Waals surface area contributed by atoms with Gasteiger partial charge in [-0.1, -0.05) is 17.7 Å². The maximum Gasteiger partial charge on any atom is 0.123 e. The van der Waals surface area contributed by atoms with Crippen LogP contribution < -0.4 is 5.73 Å². The van der Waals surface area contributed by atoms with Gasteiger partial charge in [-0.25, -0.2) is 4.39 Å². The van der Waals surface area contributed by atoms with E-state index < -0.39 is 0 Å².